The fourth-order valence-electron chi connectivity index (χ4n) is 3.39. The minimum Gasteiger partial charge on any atom is -0.494 e. The number of morpholine rings is 1. The highest BCUT2D eigenvalue weighted by molar-refractivity contribution is 5.96. The van der Waals surface area contributed by atoms with E-state index in [4.69, 9.17) is 9.47 Å². The van der Waals surface area contributed by atoms with Gasteiger partial charge in [-0.25, -0.2) is 0 Å². The quantitative estimate of drug-likeness (QED) is 0.624. The van der Waals surface area contributed by atoms with Gasteiger partial charge in [-0.2, -0.15) is 0 Å². The summed E-state index contributed by atoms with van der Waals surface area (Å²) in [7, 11) is 1.75. The first-order chi connectivity index (χ1) is 15.5. The number of nitrogens with zero attached hydrogens (tertiary/aromatic N) is 2. The normalized spacial score (nSPS) is 14.7. The molecule has 2 aromatic rings. The number of anilines is 3. The van der Waals surface area contributed by atoms with Gasteiger partial charge in [0.1, 0.15) is 5.75 Å². The highest BCUT2D eigenvalue weighted by atomic mass is 16.5. The Bertz CT molecular complexity index is 880. The Morgan fingerprint density at radius 1 is 1.03 bits per heavy atom. The summed E-state index contributed by atoms with van der Waals surface area (Å²) < 4.78 is 10.8. The van der Waals surface area contributed by atoms with Crippen molar-refractivity contribution in [2.45, 2.75) is 19.9 Å². The molecule has 8 heteroatoms. The summed E-state index contributed by atoms with van der Waals surface area (Å²) >= 11 is 0. The van der Waals surface area contributed by atoms with E-state index in [1.54, 1.807) is 31.0 Å². The van der Waals surface area contributed by atoms with E-state index >= 15 is 0 Å². The standard InChI is InChI=1S/C24H32N4O4/c1-4-32-22-11-7-20(8-12-22)26-24(30)18(2)27(3)17-23(29)25-19-5-9-21(10-6-19)28-13-15-31-16-14-28/h5-12,18H,4,13-17H2,1-3H3,(H,25,29)(H,26,30). The van der Waals surface area contributed by atoms with Gasteiger partial charge in [0.25, 0.3) is 0 Å². The van der Waals surface area contributed by atoms with Gasteiger partial charge in [-0.3, -0.25) is 14.5 Å². The molecule has 1 fully saturated rings. The highest BCUT2D eigenvalue weighted by Crippen LogP contribution is 2.19. The molecule has 1 atom stereocenters. The predicted molar refractivity (Wildman–Crippen MR) is 126 cm³/mol. The molecule has 32 heavy (non-hydrogen) atoms. The largest absolute Gasteiger partial charge is 0.494 e. The first kappa shape index (κ1) is 23.6. The SMILES string of the molecule is CCOc1ccc(NC(=O)C(C)N(C)CC(=O)Nc2ccc(N3CCOCC3)cc2)cc1. The molecule has 0 aliphatic carbocycles. The number of benzene rings is 2. The van der Waals surface area contributed by atoms with Gasteiger partial charge in [0.15, 0.2) is 0 Å². The maximum atomic E-state index is 12.6. The van der Waals surface area contributed by atoms with E-state index in [9.17, 15) is 9.59 Å². The van der Waals surface area contributed by atoms with Crippen LogP contribution in [0.4, 0.5) is 17.1 Å². The molecular formula is C24H32N4O4. The molecule has 8 nitrogen and oxygen atoms in total. The summed E-state index contributed by atoms with van der Waals surface area (Å²) in [5, 5.41) is 5.77. The monoisotopic (exact) mass is 440 g/mol. The van der Waals surface area contributed by atoms with E-state index in [0.717, 1.165) is 43.4 Å². The molecule has 2 aromatic carbocycles. The molecule has 1 saturated heterocycles. The Balaban J connectivity index is 1.46. The summed E-state index contributed by atoms with van der Waals surface area (Å²) in [5.41, 5.74) is 2.53. The zero-order chi connectivity index (χ0) is 22.9. The fourth-order valence-corrected chi connectivity index (χ4v) is 3.39. The van der Waals surface area contributed by atoms with Crippen LogP contribution in [0.2, 0.25) is 0 Å². The smallest absolute Gasteiger partial charge is 0.241 e. The van der Waals surface area contributed by atoms with E-state index in [2.05, 4.69) is 15.5 Å². The highest BCUT2D eigenvalue weighted by Gasteiger charge is 2.20. The maximum absolute atomic E-state index is 12.6. The lowest BCUT2D eigenvalue weighted by molar-refractivity contribution is -0.122. The molecule has 1 aliphatic rings. The molecule has 1 heterocycles. The number of carbonyl (C=O) groups excluding carboxylic acids is 2. The lowest BCUT2D eigenvalue weighted by atomic mass is 10.2. The number of carbonyl (C=O) groups is 2. The van der Waals surface area contributed by atoms with Crippen molar-refractivity contribution >= 4 is 28.9 Å². The third-order valence-corrected chi connectivity index (χ3v) is 5.39. The van der Waals surface area contributed by atoms with Crippen molar-refractivity contribution < 1.29 is 19.1 Å². The van der Waals surface area contributed by atoms with Crippen LogP contribution >= 0.6 is 0 Å². The third-order valence-electron chi connectivity index (χ3n) is 5.39. The summed E-state index contributed by atoms with van der Waals surface area (Å²) in [5.74, 6) is 0.400. The number of rotatable bonds is 9. The van der Waals surface area contributed by atoms with Crippen LogP contribution in [-0.2, 0) is 14.3 Å². The van der Waals surface area contributed by atoms with Gasteiger partial charge in [0, 0.05) is 30.2 Å². The molecule has 0 aromatic heterocycles. The number of hydrogen-bond acceptors (Lipinski definition) is 6. The molecule has 0 bridgehead atoms. The maximum Gasteiger partial charge on any atom is 0.241 e. The van der Waals surface area contributed by atoms with Gasteiger partial charge in [0.2, 0.25) is 11.8 Å². The number of likely N-dealkylation sites (N-methyl/N-ethyl adjacent to an activating group) is 1. The van der Waals surface area contributed by atoms with E-state index in [1.807, 2.05) is 43.3 Å². The van der Waals surface area contributed by atoms with Gasteiger partial charge in [-0.15, -0.1) is 0 Å². The Labute approximate surface area is 189 Å². The zero-order valence-electron chi connectivity index (χ0n) is 19.0. The van der Waals surface area contributed by atoms with Crippen molar-refractivity contribution in [3.05, 3.63) is 48.5 Å². The van der Waals surface area contributed by atoms with E-state index in [-0.39, 0.29) is 18.4 Å². The number of ether oxygens (including phenoxy) is 2. The predicted octanol–water partition coefficient (Wildman–Crippen LogP) is 2.82. The van der Waals surface area contributed by atoms with Crippen molar-refractivity contribution in [1.82, 2.24) is 4.90 Å². The van der Waals surface area contributed by atoms with Crippen LogP contribution in [0.15, 0.2) is 48.5 Å². The second-order valence-electron chi connectivity index (χ2n) is 7.73. The van der Waals surface area contributed by atoms with Gasteiger partial charge in [-0.05, 0) is 69.4 Å². The molecule has 1 aliphatic heterocycles. The number of amides is 2. The number of nitrogens with one attached hydrogen (secondary N) is 2. The fraction of sp³-hybridized carbons (Fsp3) is 0.417. The number of hydrogen-bond donors (Lipinski definition) is 2. The van der Waals surface area contributed by atoms with Crippen molar-refractivity contribution in [2.75, 3.05) is 62.0 Å². The molecule has 0 spiro atoms. The van der Waals surface area contributed by atoms with Crippen LogP contribution in [0.5, 0.6) is 5.75 Å². The van der Waals surface area contributed by atoms with Crippen LogP contribution < -0.4 is 20.3 Å². The summed E-state index contributed by atoms with van der Waals surface area (Å²) in [6.07, 6.45) is 0. The van der Waals surface area contributed by atoms with Crippen molar-refractivity contribution in [2.24, 2.45) is 0 Å². The van der Waals surface area contributed by atoms with Gasteiger partial charge in [-0.1, -0.05) is 0 Å². The minimum absolute atomic E-state index is 0.100. The summed E-state index contributed by atoms with van der Waals surface area (Å²) in [4.78, 5) is 29.0. The van der Waals surface area contributed by atoms with E-state index in [0.29, 0.717) is 12.3 Å². The van der Waals surface area contributed by atoms with Crippen LogP contribution in [0.1, 0.15) is 13.8 Å². The average Bonchev–Trinajstić information content (AvgIpc) is 2.81. The van der Waals surface area contributed by atoms with E-state index in [1.165, 1.54) is 0 Å². The van der Waals surface area contributed by atoms with Crippen LogP contribution in [-0.4, -0.2) is 69.3 Å². The van der Waals surface area contributed by atoms with Crippen LogP contribution in [0.25, 0.3) is 0 Å². The molecule has 0 radical (unpaired) electrons. The summed E-state index contributed by atoms with van der Waals surface area (Å²) in [6.45, 7) is 7.58. The molecule has 0 saturated carbocycles. The molecule has 3 rings (SSSR count). The Morgan fingerprint density at radius 2 is 1.62 bits per heavy atom. The van der Waals surface area contributed by atoms with Gasteiger partial charge in [0.05, 0.1) is 32.4 Å². The topological polar surface area (TPSA) is 83.1 Å². The molecule has 172 valence electrons. The first-order valence-electron chi connectivity index (χ1n) is 10.9. The molecule has 2 amide bonds. The Kier molecular flexibility index (Phi) is 8.47. The zero-order valence-corrected chi connectivity index (χ0v) is 19.0. The molecular weight excluding hydrogens is 408 g/mol. The lowest BCUT2D eigenvalue weighted by Gasteiger charge is -2.29. The van der Waals surface area contributed by atoms with Gasteiger partial charge < -0.3 is 25.0 Å². The Morgan fingerprint density at radius 3 is 2.25 bits per heavy atom. The first-order valence-corrected chi connectivity index (χ1v) is 10.9. The van der Waals surface area contributed by atoms with Crippen molar-refractivity contribution in [1.29, 1.82) is 0 Å². The van der Waals surface area contributed by atoms with Crippen molar-refractivity contribution in [3.8, 4) is 5.75 Å². The minimum atomic E-state index is -0.476. The second-order valence-corrected chi connectivity index (χ2v) is 7.73. The lowest BCUT2D eigenvalue weighted by Crippen LogP contribution is -2.43. The van der Waals surface area contributed by atoms with Crippen LogP contribution in [0.3, 0.4) is 0 Å². The third kappa shape index (κ3) is 6.70. The average molecular weight is 441 g/mol. The second kappa shape index (κ2) is 11.5. The molecule has 2 N–H and O–H groups in total. The Hall–Kier alpha value is -3.10. The molecule has 1 unspecified atom stereocenters. The van der Waals surface area contributed by atoms with Crippen molar-refractivity contribution in [3.63, 3.8) is 0 Å². The van der Waals surface area contributed by atoms with Crippen LogP contribution in [0, 0.1) is 0 Å². The summed E-state index contributed by atoms with van der Waals surface area (Å²) in [6, 6.07) is 14.5. The van der Waals surface area contributed by atoms with Gasteiger partial charge >= 0.3 is 0 Å². The van der Waals surface area contributed by atoms with E-state index < -0.39 is 6.04 Å².